The highest BCUT2D eigenvalue weighted by Crippen LogP contribution is 2.38. The lowest BCUT2D eigenvalue weighted by Gasteiger charge is -2.31. The van der Waals surface area contributed by atoms with Crippen LogP contribution in [0.2, 0.25) is 0 Å². The maximum absolute atomic E-state index is 13.3. The van der Waals surface area contributed by atoms with Gasteiger partial charge >= 0.3 is 0 Å². The number of aliphatic hydroxyl groups excluding tert-OH is 1. The van der Waals surface area contributed by atoms with E-state index in [1.165, 1.54) is 12.8 Å². The van der Waals surface area contributed by atoms with Gasteiger partial charge in [0.15, 0.2) is 5.82 Å². The summed E-state index contributed by atoms with van der Waals surface area (Å²) in [6.45, 7) is 3.87. The second-order valence-corrected chi connectivity index (χ2v) is 10.9. The molecule has 3 heterocycles. The number of amides is 2. The van der Waals surface area contributed by atoms with E-state index in [0.717, 1.165) is 37.2 Å². The summed E-state index contributed by atoms with van der Waals surface area (Å²) in [6.07, 6.45) is 8.96. The number of aromatic nitrogens is 2. The second kappa shape index (κ2) is 11.8. The van der Waals surface area contributed by atoms with Gasteiger partial charge in [0, 0.05) is 38.3 Å². The number of benzene rings is 1. The van der Waals surface area contributed by atoms with Gasteiger partial charge in [0.2, 0.25) is 11.9 Å². The van der Waals surface area contributed by atoms with Crippen molar-refractivity contribution in [3.05, 3.63) is 30.0 Å². The highest BCUT2D eigenvalue weighted by molar-refractivity contribution is 5.99. The Kier molecular flexibility index (Phi) is 8.20. The van der Waals surface area contributed by atoms with Crippen molar-refractivity contribution in [2.75, 3.05) is 48.9 Å². The van der Waals surface area contributed by atoms with Crippen molar-refractivity contribution in [1.29, 1.82) is 0 Å². The predicted molar refractivity (Wildman–Crippen MR) is 151 cm³/mol. The maximum atomic E-state index is 13.3. The zero-order valence-electron chi connectivity index (χ0n) is 23.2. The number of hydrogen-bond acceptors (Lipinski definition) is 8. The van der Waals surface area contributed by atoms with E-state index in [9.17, 15) is 14.7 Å². The van der Waals surface area contributed by atoms with Gasteiger partial charge in [-0.3, -0.25) is 9.59 Å². The third-order valence-corrected chi connectivity index (χ3v) is 8.33. The third kappa shape index (κ3) is 5.66. The summed E-state index contributed by atoms with van der Waals surface area (Å²) in [5.41, 5.74) is 1.92. The quantitative estimate of drug-likeness (QED) is 0.547. The molecule has 2 aromatic rings. The molecule has 0 radical (unpaired) electrons. The number of aliphatic hydroxyl groups is 1. The summed E-state index contributed by atoms with van der Waals surface area (Å²) in [4.78, 5) is 41.7. The molecule has 5 rings (SSSR count). The van der Waals surface area contributed by atoms with Crippen molar-refractivity contribution >= 4 is 35.0 Å². The van der Waals surface area contributed by atoms with Crippen LogP contribution in [-0.4, -0.2) is 77.7 Å². The normalized spacial score (nSPS) is 20.7. The van der Waals surface area contributed by atoms with Crippen LogP contribution in [-0.2, 0) is 4.79 Å². The summed E-state index contributed by atoms with van der Waals surface area (Å²) in [7, 11) is 3.39. The number of hydrogen-bond donors (Lipinski definition) is 2. The Morgan fingerprint density at radius 2 is 1.92 bits per heavy atom. The minimum Gasteiger partial charge on any atom is -0.495 e. The predicted octanol–water partition coefficient (Wildman–Crippen LogP) is 3.97. The minimum absolute atomic E-state index is 0.0699. The molecule has 1 atom stereocenters. The smallest absolute Gasteiger partial charge is 0.253 e. The van der Waals surface area contributed by atoms with Crippen LogP contribution in [0.3, 0.4) is 0 Å². The van der Waals surface area contributed by atoms with Crippen LogP contribution in [0.5, 0.6) is 5.75 Å². The van der Waals surface area contributed by atoms with Crippen LogP contribution in [0.25, 0.3) is 0 Å². The maximum Gasteiger partial charge on any atom is 0.253 e. The molecule has 0 bridgehead atoms. The van der Waals surface area contributed by atoms with Gasteiger partial charge in [-0.15, -0.1) is 0 Å². The zero-order chi connectivity index (χ0) is 27.5. The lowest BCUT2D eigenvalue weighted by Crippen LogP contribution is -2.40. The number of piperidine rings is 1. The van der Waals surface area contributed by atoms with E-state index in [1.807, 2.05) is 13.1 Å². The monoisotopic (exact) mass is 536 g/mol. The zero-order valence-corrected chi connectivity index (χ0v) is 23.2. The molecule has 1 saturated heterocycles. The number of methoxy groups -OCH3 is 1. The van der Waals surface area contributed by atoms with E-state index in [1.54, 1.807) is 35.2 Å². The number of fused-ring (bicyclic) bond motifs is 1. The minimum atomic E-state index is -0.337. The molecule has 2 N–H and O–H groups in total. The molecule has 10 nitrogen and oxygen atoms in total. The van der Waals surface area contributed by atoms with Crippen LogP contribution in [0, 0.1) is 5.92 Å². The van der Waals surface area contributed by atoms with E-state index < -0.39 is 0 Å². The molecule has 0 unspecified atom stereocenters. The summed E-state index contributed by atoms with van der Waals surface area (Å²) in [5, 5.41) is 13.1. The van der Waals surface area contributed by atoms with Gasteiger partial charge in [0.25, 0.3) is 5.91 Å². The number of carbonyl (C=O) groups excluding carboxylic acids is 2. The molecule has 39 heavy (non-hydrogen) atoms. The lowest BCUT2D eigenvalue weighted by atomic mass is 10.0. The first-order chi connectivity index (χ1) is 18.9. The molecule has 3 aliphatic rings. The molecule has 1 aliphatic carbocycles. The standard InChI is InChI=1S/C29H40N6O4/c1-4-7-20-18-35(21-8-5-6-9-21)26-24(33(2)27(20)37)17-30-29(32-26)31-23-11-10-19(16-25(23)39-3)28(38)34-14-12-22(36)13-15-34/h10-11,16-17,20-22,36H,4-9,12-15,18H2,1-3H3,(H,30,31,32)/t20-/m0/s1. The number of carbonyl (C=O) groups is 2. The van der Waals surface area contributed by atoms with Crippen molar-refractivity contribution in [2.45, 2.75) is 70.4 Å². The van der Waals surface area contributed by atoms with Gasteiger partial charge in [-0.1, -0.05) is 26.2 Å². The first-order valence-electron chi connectivity index (χ1n) is 14.2. The van der Waals surface area contributed by atoms with Crippen LogP contribution in [0.15, 0.2) is 24.4 Å². The molecule has 2 fully saturated rings. The molecule has 2 amide bonds. The van der Waals surface area contributed by atoms with Crippen molar-refractivity contribution in [1.82, 2.24) is 14.9 Å². The van der Waals surface area contributed by atoms with Crippen molar-refractivity contribution in [3.8, 4) is 5.75 Å². The van der Waals surface area contributed by atoms with Crippen LogP contribution >= 0.6 is 0 Å². The SMILES string of the molecule is CCC[C@H]1CN(C2CCCC2)c2nc(Nc3ccc(C(=O)N4CCC(O)CC4)cc3OC)ncc2N(C)C1=O. The fourth-order valence-corrected chi connectivity index (χ4v) is 6.07. The number of rotatable bonds is 7. The molecule has 1 aromatic carbocycles. The molecule has 2 aliphatic heterocycles. The van der Waals surface area contributed by atoms with E-state index in [-0.39, 0.29) is 23.8 Å². The Balaban J connectivity index is 1.42. The van der Waals surface area contributed by atoms with Gasteiger partial charge in [0.1, 0.15) is 11.4 Å². The Morgan fingerprint density at radius 3 is 2.62 bits per heavy atom. The van der Waals surface area contributed by atoms with Gasteiger partial charge in [-0.05, 0) is 50.3 Å². The third-order valence-electron chi connectivity index (χ3n) is 8.33. The van der Waals surface area contributed by atoms with Gasteiger partial charge in [-0.25, -0.2) is 4.98 Å². The Bertz CT molecular complexity index is 1190. The number of nitrogens with one attached hydrogen (secondary N) is 1. The average molecular weight is 537 g/mol. The van der Waals surface area contributed by atoms with E-state index in [4.69, 9.17) is 9.72 Å². The number of anilines is 4. The lowest BCUT2D eigenvalue weighted by molar-refractivity contribution is -0.121. The molecule has 0 spiro atoms. The first-order valence-corrected chi connectivity index (χ1v) is 14.2. The topological polar surface area (TPSA) is 111 Å². The molecule has 10 heteroatoms. The fraction of sp³-hybridized carbons (Fsp3) is 0.586. The van der Waals surface area contributed by atoms with Crippen LogP contribution < -0.4 is 19.9 Å². The first kappa shape index (κ1) is 27.2. The summed E-state index contributed by atoms with van der Waals surface area (Å²) in [5.74, 6) is 1.68. The fourth-order valence-electron chi connectivity index (χ4n) is 6.07. The molecular formula is C29H40N6O4. The molecular weight excluding hydrogens is 496 g/mol. The highest BCUT2D eigenvalue weighted by atomic mass is 16.5. The molecule has 1 saturated carbocycles. The van der Waals surface area contributed by atoms with Gasteiger partial charge in [0.05, 0.1) is 31.0 Å². The Morgan fingerprint density at radius 1 is 1.18 bits per heavy atom. The number of likely N-dealkylation sites (tertiary alicyclic amines) is 1. The second-order valence-electron chi connectivity index (χ2n) is 10.9. The van der Waals surface area contributed by atoms with Gasteiger partial charge < -0.3 is 29.9 Å². The average Bonchev–Trinajstić information content (AvgIpc) is 3.46. The van der Waals surface area contributed by atoms with Crippen molar-refractivity contribution in [2.24, 2.45) is 5.92 Å². The summed E-state index contributed by atoms with van der Waals surface area (Å²) in [6, 6.07) is 5.67. The van der Waals surface area contributed by atoms with E-state index in [0.29, 0.717) is 61.5 Å². The number of nitrogens with zero attached hydrogens (tertiary/aromatic N) is 5. The van der Waals surface area contributed by atoms with Gasteiger partial charge in [-0.2, -0.15) is 4.98 Å². The van der Waals surface area contributed by atoms with Crippen LogP contribution in [0.1, 0.15) is 68.6 Å². The molecule has 210 valence electrons. The largest absolute Gasteiger partial charge is 0.495 e. The summed E-state index contributed by atoms with van der Waals surface area (Å²) >= 11 is 0. The Labute approximate surface area is 230 Å². The van der Waals surface area contributed by atoms with Crippen molar-refractivity contribution in [3.63, 3.8) is 0 Å². The van der Waals surface area contributed by atoms with Crippen molar-refractivity contribution < 1.29 is 19.4 Å². The van der Waals surface area contributed by atoms with E-state index >= 15 is 0 Å². The van der Waals surface area contributed by atoms with Crippen LogP contribution in [0.4, 0.5) is 23.1 Å². The number of ether oxygens (including phenoxy) is 1. The summed E-state index contributed by atoms with van der Waals surface area (Å²) < 4.78 is 5.63. The Hall–Kier alpha value is -3.40. The highest BCUT2D eigenvalue weighted by Gasteiger charge is 2.36. The van der Waals surface area contributed by atoms with E-state index in [2.05, 4.69) is 22.1 Å². The molecule has 1 aromatic heterocycles.